The maximum Gasteiger partial charge on any atom is 0.195 e. The highest BCUT2D eigenvalue weighted by Gasteiger charge is 1.98. The molecule has 16 heavy (non-hydrogen) atoms. The van der Waals surface area contributed by atoms with Crippen LogP contribution in [0.5, 0.6) is 0 Å². The van der Waals surface area contributed by atoms with E-state index < -0.39 is 0 Å². The van der Waals surface area contributed by atoms with Crippen molar-refractivity contribution in [2.24, 2.45) is 0 Å². The Bertz CT molecular complexity index is 513. The molecule has 2 aromatic carbocycles. The van der Waals surface area contributed by atoms with Crippen molar-refractivity contribution in [3.8, 4) is 0 Å². The van der Waals surface area contributed by atoms with Gasteiger partial charge in [-0.05, 0) is 35.1 Å². The Labute approximate surface area is 99.4 Å². The molecule has 0 aliphatic rings. The first-order chi connectivity index (χ1) is 7.79. The van der Waals surface area contributed by atoms with Gasteiger partial charge < -0.3 is 5.32 Å². The van der Waals surface area contributed by atoms with Gasteiger partial charge in [0.1, 0.15) is 0 Å². The summed E-state index contributed by atoms with van der Waals surface area (Å²) in [6.07, 6.45) is 0. The number of hydrogen-bond acceptors (Lipinski definition) is 2. The fourth-order valence-electron chi connectivity index (χ4n) is 1.52. The van der Waals surface area contributed by atoms with Gasteiger partial charge in [-0.25, -0.2) is 5.48 Å². The Kier molecular flexibility index (Phi) is 3.34. The van der Waals surface area contributed by atoms with Crippen LogP contribution >= 0.6 is 12.2 Å². The van der Waals surface area contributed by atoms with Crippen LogP contribution < -0.4 is 10.8 Å². The van der Waals surface area contributed by atoms with E-state index >= 15 is 0 Å². The van der Waals surface area contributed by atoms with Gasteiger partial charge in [0.2, 0.25) is 0 Å². The smallest absolute Gasteiger partial charge is 0.195 e. The van der Waals surface area contributed by atoms with Gasteiger partial charge in [0.25, 0.3) is 0 Å². The topological polar surface area (TPSA) is 33.3 Å². The highest BCUT2D eigenvalue weighted by atomic mass is 32.1. The third kappa shape index (κ3) is 2.48. The highest BCUT2D eigenvalue weighted by molar-refractivity contribution is 7.80. The molecule has 0 heterocycles. The second-order valence-electron chi connectivity index (χ2n) is 3.32. The Morgan fingerprint density at radius 1 is 1.12 bits per heavy atom. The number of hydroxylamine groups is 1. The predicted molar refractivity (Wildman–Crippen MR) is 70.3 cm³/mol. The molecule has 0 aliphatic heterocycles. The molecule has 0 saturated heterocycles. The normalized spacial score (nSPS) is 10.1. The van der Waals surface area contributed by atoms with E-state index in [9.17, 15) is 0 Å². The molecule has 0 atom stereocenters. The number of thiocarbonyl (C=S) groups is 1. The summed E-state index contributed by atoms with van der Waals surface area (Å²) < 4.78 is 0. The number of anilines is 1. The van der Waals surface area contributed by atoms with Crippen LogP contribution in [0.25, 0.3) is 10.8 Å². The second-order valence-corrected chi connectivity index (χ2v) is 3.73. The quantitative estimate of drug-likeness (QED) is 0.616. The van der Waals surface area contributed by atoms with Crippen molar-refractivity contribution in [2.45, 2.75) is 0 Å². The van der Waals surface area contributed by atoms with Crippen LogP contribution in [0.15, 0.2) is 42.5 Å². The van der Waals surface area contributed by atoms with Gasteiger partial charge in [0, 0.05) is 5.69 Å². The number of rotatable bonds is 2. The molecule has 0 saturated carbocycles. The zero-order valence-corrected chi connectivity index (χ0v) is 9.67. The van der Waals surface area contributed by atoms with Crippen molar-refractivity contribution in [3.63, 3.8) is 0 Å². The molecule has 0 bridgehead atoms. The first-order valence-electron chi connectivity index (χ1n) is 4.88. The Morgan fingerprint density at radius 2 is 1.88 bits per heavy atom. The largest absolute Gasteiger partial charge is 0.331 e. The molecule has 0 aliphatic carbocycles. The number of hydrogen-bond donors (Lipinski definition) is 2. The molecule has 2 N–H and O–H groups in total. The standard InChI is InChI=1S/C12H12N2OS/c1-15-14-12(16)13-11-7-6-9-4-2-3-5-10(9)8-11/h2-8H,1H3,(H2,13,14,16). The lowest BCUT2D eigenvalue weighted by Crippen LogP contribution is -2.27. The van der Waals surface area contributed by atoms with Crippen molar-refractivity contribution in [1.29, 1.82) is 0 Å². The van der Waals surface area contributed by atoms with Crippen molar-refractivity contribution in [3.05, 3.63) is 42.5 Å². The van der Waals surface area contributed by atoms with Crippen LogP contribution in [0.1, 0.15) is 0 Å². The zero-order valence-electron chi connectivity index (χ0n) is 8.86. The summed E-state index contributed by atoms with van der Waals surface area (Å²) in [5.74, 6) is 0. The minimum absolute atomic E-state index is 0.442. The van der Waals surface area contributed by atoms with E-state index in [4.69, 9.17) is 17.1 Å². The summed E-state index contributed by atoms with van der Waals surface area (Å²) in [7, 11) is 1.52. The van der Waals surface area contributed by atoms with Crippen LogP contribution in [0.4, 0.5) is 5.69 Å². The van der Waals surface area contributed by atoms with Gasteiger partial charge in [-0.15, -0.1) is 0 Å². The summed E-state index contributed by atoms with van der Waals surface area (Å²) in [4.78, 5) is 4.71. The van der Waals surface area contributed by atoms with Crippen molar-refractivity contribution in [1.82, 2.24) is 5.48 Å². The summed E-state index contributed by atoms with van der Waals surface area (Å²) >= 11 is 5.01. The fourth-order valence-corrected chi connectivity index (χ4v) is 1.72. The van der Waals surface area contributed by atoms with E-state index in [-0.39, 0.29) is 0 Å². The van der Waals surface area contributed by atoms with Crippen LogP contribution in [0.3, 0.4) is 0 Å². The summed E-state index contributed by atoms with van der Waals surface area (Å²) in [5.41, 5.74) is 3.50. The van der Waals surface area contributed by atoms with Crippen LogP contribution in [-0.4, -0.2) is 12.2 Å². The highest BCUT2D eigenvalue weighted by Crippen LogP contribution is 2.18. The monoisotopic (exact) mass is 232 g/mol. The van der Waals surface area contributed by atoms with Gasteiger partial charge in [-0.3, -0.25) is 4.84 Å². The zero-order chi connectivity index (χ0) is 11.4. The molecule has 0 radical (unpaired) electrons. The third-order valence-corrected chi connectivity index (χ3v) is 2.39. The van der Waals surface area contributed by atoms with Gasteiger partial charge in [-0.2, -0.15) is 0 Å². The SMILES string of the molecule is CONC(=S)Nc1ccc2ccccc2c1. The predicted octanol–water partition coefficient (Wildman–Crippen LogP) is 2.69. The average Bonchev–Trinajstić information content (AvgIpc) is 2.29. The van der Waals surface area contributed by atoms with E-state index in [1.807, 2.05) is 30.3 Å². The molecule has 0 amide bonds. The summed E-state index contributed by atoms with van der Waals surface area (Å²) in [6, 6.07) is 14.2. The average molecular weight is 232 g/mol. The summed E-state index contributed by atoms with van der Waals surface area (Å²) in [5, 5.41) is 5.85. The van der Waals surface area contributed by atoms with Crippen molar-refractivity contribution < 1.29 is 4.84 Å². The lowest BCUT2D eigenvalue weighted by molar-refractivity contribution is 0.146. The Balaban J connectivity index is 2.22. The molecule has 2 aromatic rings. The van der Waals surface area contributed by atoms with E-state index in [0.29, 0.717) is 5.11 Å². The Hall–Kier alpha value is -1.65. The molecule has 0 aromatic heterocycles. The van der Waals surface area contributed by atoms with E-state index in [2.05, 4.69) is 22.9 Å². The van der Waals surface area contributed by atoms with Crippen LogP contribution in [0.2, 0.25) is 0 Å². The molecule has 3 nitrogen and oxygen atoms in total. The summed E-state index contributed by atoms with van der Waals surface area (Å²) in [6.45, 7) is 0. The lowest BCUT2D eigenvalue weighted by Gasteiger charge is -2.08. The molecular formula is C12H12N2OS. The van der Waals surface area contributed by atoms with Gasteiger partial charge in [0.15, 0.2) is 5.11 Å². The second kappa shape index (κ2) is 4.92. The first-order valence-corrected chi connectivity index (χ1v) is 5.29. The minimum atomic E-state index is 0.442. The number of fused-ring (bicyclic) bond motifs is 1. The maximum atomic E-state index is 5.01. The van der Waals surface area contributed by atoms with Gasteiger partial charge in [-0.1, -0.05) is 30.3 Å². The van der Waals surface area contributed by atoms with E-state index in [0.717, 1.165) is 5.69 Å². The Morgan fingerprint density at radius 3 is 2.62 bits per heavy atom. The van der Waals surface area contributed by atoms with Crippen molar-refractivity contribution in [2.75, 3.05) is 12.4 Å². The number of nitrogens with one attached hydrogen (secondary N) is 2. The third-order valence-electron chi connectivity index (χ3n) is 2.20. The lowest BCUT2D eigenvalue weighted by atomic mass is 10.1. The van der Waals surface area contributed by atoms with E-state index in [1.54, 1.807) is 0 Å². The molecule has 4 heteroatoms. The molecule has 0 spiro atoms. The fraction of sp³-hybridized carbons (Fsp3) is 0.0833. The van der Waals surface area contributed by atoms with Crippen LogP contribution in [-0.2, 0) is 4.84 Å². The van der Waals surface area contributed by atoms with Crippen molar-refractivity contribution >= 4 is 33.8 Å². The number of benzene rings is 2. The molecule has 0 unspecified atom stereocenters. The minimum Gasteiger partial charge on any atom is -0.331 e. The van der Waals surface area contributed by atoms with Crippen LogP contribution in [0, 0.1) is 0 Å². The molecular weight excluding hydrogens is 220 g/mol. The maximum absolute atomic E-state index is 5.01. The van der Waals surface area contributed by atoms with Gasteiger partial charge >= 0.3 is 0 Å². The van der Waals surface area contributed by atoms with E-state index in [1.165, 1.54) is 17.9 Å². The molecule has 2 rings (SSSR count). The molecule has 0 fully saturated rings. The molecule has 82 valence electrons. The van der Waals surface area contributed by atoms with Gasteiger partial charge in [0.05, 0.1) is 7.11 Å². The first kappa shape index (κ1) is 10.9.